The number of aromatic nitrogens is 2. The molecule has 6 nitrogen and oxygen atoms in total. The molecule has 2 aromatic heterocycles. The zero-order valence-corrected chi connectivity index (χ0v) is 14.6. The van der Waals surface area contributed by atoms with Crippen LogP contribution in [0.1, 0.15) is 34.7 Å². The highest BCUT2D eigenvalue weighted by Gasteiger charge is 2.37. The number of H-pyrrole nitrogens is 1. The Bertz CT molecular complexity index is 796. The van der Waals surface area contributed by atoms with E-state index in [2.05, 4.69) is 9.97 Å². The second kappa shape index (κ2) is 7.41. The van der Waals surface area contributed by atoms with Crippen LogP contribution >= 0.6 is 0 Å². The summed E-state index contributed by atoms with van der Waals surface area (Å²) >= 11 is 0. The molecule has 1 saturated carbocycles. The maximum atomic E-state index is 12.8. The third-order valence-corrected chi connectivity index (χ3v) is 5.28. The minimum absolute atomic E-state index is 0.0509. The first-order valence-corrected chi connectivity index (χ1v) is 9.16. The molecule has 1 N–H and O–H groups in total. The molecule has 0 bridgehead atoms. The predicted octanol–water partition coefficient (Wildman–Crippen LogP) is 2.05. The van der Waals surface area contributed by atoms with Crippen molar-refractivity contribution >= 4 is 5.91 Å². The molecule has 0 unspecified atom stereocenters. The summed E-state index contributed by atoms with van der Waals surface area (Å²) in [5, 5.41) is 0. The van der Waals surface area contributed by atoms with Gasteiger partial charge < -0.3 is 14.6 Å². The van der Waals surface area contributed by atoms with Crippen LogP contribution < -0.4 is 5.56 Å². The molecule has 1 aliphatic heterocycles. The van der Waals surface area contributed by atoms with Crippen LogP contribution in [0, 0.1) is 11.8 Å². The Morgan fingerprint density at radius 2 is 1.96 bits per heavy atom. The van der Waals surface area contributed by atoms with Crippen molar-refractivity contribution in [1.29, 1.82) is 0 Å². The largest absolute Gasteiger partial charge is 0.381 e. The first kappa shape index (κ1) is 17.0. The van der Waals surface area contributed by atoms with E-state index in [1.807, 2.05) is 17.0 Å². The van der Waals surface area contributed by atoms with Gasteiger partial charge in [0.1, 0.15) is 0 Å². The lowest BCUT2D eigenvalue weighted by atomic mass is 9.90. The van der Waals surface area contributed by atoms with E-state index in [0.29, 0.717) is 25.3 Å². The number of ether oxygens (including phenoxy) is 1. The van der Waals surface area contributed by atoms with Gasteiger partial charge in [-0.15, -0.1) is 0 Å². The predicted molar refractivity (Wildman–Crippen MR) is 97.0 cm³/mol. The standard InChI is InChI=1S/C20H23N3O3/c24-19-4-3-16(9-22-19)20(25)23-10-17(13-26-12-14-1-2-14)18(11-23)15-5-7-21-8-6-15/h3-9,14,17-18H,1-2,10-13H2,(H,22,24)/t17-,18-/m0/s1. The molecule has 6 heteroatoms. The van der Waals surface area contributed by atoms with E-state index in [1.165, 1.54) is 30.7 Å². The van der Waals surface area contributed by atoms with Crippen molar-refractivity contribution in [2.75, 3.05) is 26.3 Å². The summed E-state index contributed by atoms with van der Waals surface area (Å²) in [4.78, 5) is 32.6. The number of hydrogen-bond donors (Lipinski definition) is 1. The number of aromatic amines is 1. The lowest BCUT2D eigenvalue weighted by Gasteiger charge is -2.18. The average Bonchev–Trinajstić information content (AvgIpc) is 3.40. The fraction of sp³-hybridized carbons (Fsp3) is 0.450. The molecule has 26 heavy (non-hydrogen) atoms. The van der Waals surface area contributed by atoms with E-state index in [0.717, 1.165) is 12.5 Å². The molecule has 3 heterocycles. The quantitative estimate of drug-likeness (QED) is 0.862. The van der Waals surface area contributed by atoms with Gasteiger partial charge in [-0.25, -0.2) is 0 Å². The Balaban J connectivity index is 1.48. The van der Waals surface area contributed by atoms with E-state index in [1.54, 1.807) is 18.5 Å². The van der Waals surface area contributed by atoms with Crippen molar-refractivity contribution in [2.45, 2.75) is 18.8 Å². The molecule has 1 amide bonds. The summed E-state index contributed by atoms with van der Waals surface area (Å²) in [5.41, 5.74) is 1.50. The molecule has 2 aliphatic rings. The number of nitrogens with zero attached hydrogens (tertiary/aromatic N) is 2. The SMILES string of the molecule is O=C(c1ccc(=O)[nH]c1)N1C[C@@H](COCC2CC2)[C@H](c2ccncc2)C1. The van der Waals surface area contributed by atoms with Gasteiger partial charge in [0.2, 0.25) is 5.56 Å². The van der Waals surface area contributed by atoms with E-state index < -0.39 is 0 Å². The zero-order chi connectivity index (χ0) is 17.9. The number of pyridine rings is 2. The summed E-state index contributed by atoms with van der Waals surface area (Å²) in [5.74, 6) is 1.19. The van der Waals surface area contributed by atoms with Crippen LogP contribution in [0.4, 0.5) is 0 Å². The molecule has 4 rings (SSSR count). The van der Waals surface area contributed by atoms with E-state index >= 15 is 0 Å². The van der Waals surface area contributed by atoms with Crippen LogP contribution in [0.25, 0.3) is 0 Å². The van der Waals surface area contributed by atoms with Crippen LogP contribution in [0.5, 0.6) is 0 Å². The van der Waals surface area contributed by atoms with Crippen LogP contribution in [0.3, 0.4) is 0 Å². The van der Waals surface area contributed by atoms with Gasteiger partial charge in [-0.05, 0) is 42.5 Å². The van der Waals surface area contributed by atoms with Crippen LogP contribution in [0.15, 0.2) is 47.7 Å². The molecular formula is C20H23N3O3. The monoisotopic (exact) mass is 353 g/mol. The van der Waals surface area contributed by atoms with E-state index in [4.69, 9.17) is 4.74 Å². The third kappa shape index (κ3) is 3.85. The second-order valence-corrected chi connectivity index (χ2v) is 7.28. The minimum Gasteiger partial charge on any atom is -0.381 e. The number of likely N-dealkylation sites (tertiary alicyclic amines) is 1. The van der Waals surface area contributed by atoms with Gasteiger partial charge in [0.15, 0.2) is 0 Å². The lowest BCUT2D eigenvalue weighted by Crippen LogP contribution is -2.30. The number of rotatable bonds is 6. The smallest absolute Gasteiger partial charge is 0.255 e. The Hall–Kier alpha value is -2.47. The number of carbonyl (C=O) groups excluding carboxylic acids is 1. The number of amides is 1. The van der Waals surface area contributed by atoms with Crippen molar-refractivity contribution in [1.82, 2.24) is 14.9 Å². The second-order valence-electron chi connectivity index (χ2n) is 7.28. The summed E-state index contributed by atoms with van der Waals surface area (Å²) < 4.78 is 5.94. The highest BCUT2D eigenvalue weighted by Crippen LogP contribution is 2.34. The van der Waals surface area contributed by atoms with Crippen molar-refractivity contribution < 1.29 is 9.53 Å². The van der Waals surface area contributed by atoms with Gasteiger partial charge in [0.05, 0.1) is 12.2 Å². The molecular weight excluding hydrogens is 330 g/mol. The Morgan fingerprint density at radius 3 is 2.65 bits per heavy atom. The van der Waals surface area contributed by atoms with Gasteiger partial charge in [0, 0.05) is 56.2 Å². The van der Waals surface area contributed by atoms with Crippen molar-refractivity contribution in [3.05, 3.63) is 64.3 Å². The van der Waals surface area contributed by atoms with Gasteiger partial charge >= 0.3 is 0 Å². The maximum Gasteiger partial charge on any atom is 0.255 e. The molecule has 2 aromatic rings. The molecule has 0 spiro atoms. The molecule has 0 radical (unpaired) electrons. The highest BCUT2D eigenvalue weighted by molar-refractivity contribution is 5.94. The Labute approximate surface area is 152 Å². The van der Waals surface area contributed by atoms with Crippen molar-refractivity contribution in [2.24, 2.45) is 11.8 Å². The van der Waals surface area contributed by atoms with Gasteiger partial charge in [-0.2, -0.15) is 0 Å². The molecule has 0 aromatic carbocycles. The third-order valence-electron chi connectivity index (χ3n) is 5.28. The molecule has 1 aliphatic carbocycles. The zero-order valence-electron chi connectivity index (χ0n) is 14.6. The first-order valence-electron chi connectivity index (χ1n) is 9.16. The van der Waals surface area contributed by atoms with Crippen LogP contribution in [-0.4, -0.2) is 47.1 Å². The normalized spacial score (nSPS) is 22.5. The van der Waals surface area contributed by atoms with Gasteiger partial charge in [0.25, 0.3) is 5.91 Å². The fourth-order valence-corrected chi connectivity index (χ4v) is 3.59. The number of hydrogen-bond acceptors (Lipinski definition) is 4. The summed E-state index contributed by atoms with van der Waals surface area (Å²) in [7, 11) is 0. The molecule has 2 fully saturated rings. The topological polar surface area (TPSA) is 75.3 Å². The Kier molecular flexibility index (Phi) is 4.84. The first-order chi connectivity index (χ1) is 12.7. The summed E-state index contributed by atoms with van der Waals surface area (Å²) in [6.45, 7) is 2.81. The number of nitrogens with one attached hydrogen (secondary N) is 1. The fourth-order valence-electron chi connectivity index (χ4n) is 3.59. The average molecular weight is 353 g/mol. The van der Waals surface area contributed by atoms with Crippen LogP contribution in [-0.2, 0) is 4.74 Å². The maximum absolute atomic E-state index is 12.8. The van der Waals surface area contributed by atoms with E-state index in [-0.39, 0.29) is 23.3 Å². The summed E-state index contributed by atoms with van der Waals surface area (Å²) in [6, 6.07) is 7.01. The van der Waals surface area contributed by atoms with Crippen molar-refractivity contribution in [3.63, 3.8) is 0 Å². The lowest BCUT2D eigenvalue weighted by molar-refractivity contribution is 0.0739. The van der Waals surface area contributed by atoms with Crippen molar-refractivity contribution in [3.8, 4) is 0 Å². The van der Waals surface area contributed by atoms with Crippen LogP contribution in [0.2, 0.25) is 0 Å². The molecule has 2 atom stereocenters. The van der Waals surface area contributed by atoms with Gasteiger partial charge in [-0.3, -0.25) is 14.6 Å². The Morgan fingerprint density at radius 1 is 1.15 bits per heavy atom. The highest BCUT2D eigenvalue weighted by atomic mass is 16.5. The minimum atomic E-state index is -0.205. The number of carbonyl (C=O) groups is 1. The molecule has 136 valence electrons. The molecule has 1 saturated heterocycles. The van der Waals surface area contributed by atoms with Gasteiger partial charge in [-0.1, -0.05) is 0 Å². The van der Waals surface area contributed by atoms with E-state index in [9.17, 15) is 9.59 Å². The summed E-state index contributed by atoms with van der Waals surface area (Å²) in [6.07, 6.45) is 7.63.